The van der Waals surface area contributed by atoms with Crippen molar-refractivity contribution in [1.29, 1.82) is 0 Å². The number of anilines is 1. The van der Waals surface area contributed by atoms with Crippen molar-refractivity contribution in [1.82, 2.24) is 0 Å². The predicted molar refractivity (Wildman–Crippen MR) is 87.3 cm³/mol. The maximum Gasteiger partial charge on any atom is 0.270 e. The van der Waals surface area contributed by atoms with E-state index in [1.165, 1.54) is 31.4 Å². The normalized spacial score (nSPS) is 10.5. The fraction of sp³-hybridized carbons (Fsp3) is 0.0588. The van der Waals surface area contributed by atoms with Gasteiger partial charge in [-0.1, -0.05) is 0 Å². The van der Waals surface area contributed by atoms with Gasteiger partial charge in [0.15, 0.2) is 5.78 Å². The number of nitro benzene ring substituents is 1. The van der Waals surface area contributed by atoms with E-state index < -0.39 is 10.8 Å². The number of amides is 1. The van der Waals surface area contributed by atoms with Gasteiger partial charge < -0.3 is 9.73 Å². The van der Waals surface area contributed by atoms with Crippen molar-refractivity contribution in [2.45, 2.75) is 6.92 Å². The molecule has 0 fully saturated rings. The minimum Gasteiger partial charge on any atom is -0.463 e. The van der Waals surface area contributed by atoms with Crippen LogP contribution in [0.1, 0.15) is 27.6 Å². The Morgan fingerprint density at radius 1 is 1.12 bits per heavy atom. The quantitative estimate of drug-likeness (QED) is 0.447. The first kappa shape index (κ1) is 15.4. The third-order valence-electron chi connectivity index (χ3n) is 3.56. The molecular weight excluding hydrogens is 312 g/mol. The number of ketones is 1. The number of hydrogen-bond donors (Lipinski definition) is 1. The molecule has 7 heteroatoms. The summed E-state index contributed by atoms with van der Waals surface area (Å²) in [6.07, 6.45) is 1.26. The highest BCUT2D eigenvalue weighted by Gasteiger charge is 2.17. The lowest BCUT2D eigenvalue weighted by molar-refractivity contribution is -0.384. The SMILES string of the molecule is CC(=O)c1ccc(NC(=O)c2coc3ccc([N+](=O)[O-])cc23)cc1. The lowest BCUT2D eigenvalue weighted by Gasteiger charge is -2.04. The number of rotatable bonds is 4. The third kappa shape index (κ3) is 2.87. The Kier molecular flexibility index (Phi) is 3.83. The van der Waals surface area contributed by atoms with Crippen molar-refractivity contribution in [2.75, 3.05) is 5.32 Å². The van der Waals surface area contributed by atoms with Crippen molar-refractivity contribution < 1.29 is 18.9 Å². The highest BCUT2D eigenvalue weighted by molar-refractivity contribution is 6.12. The molecule has 1 N–H and O–H groups in total. The van der Waals surface area contributed by atoms with Gasteiger partial charge in [-0.2, -0.15) is 0 Å². The molecule has 120 valence electrons. The summed E-state index contributed by atoms with van der Waals surface area (Å²) in [5.41, 5.74) is 1.51. The van der Waals surface area contributed by atoms with Crippen LogP contribution in [0.25, 0.3) is 11.0 Å². The number of nitrogens with zero attached hydrogens (tertiary/aromatic N) is 1. The lowest BCUT2D eigenvalue weighted by atomic mass is 10.1. The Morgan fingerprint density at radius 2 is 1.83 bits per heavy atom. The van der Waals surface area contributed by atoms with E-state index in [9.17, 15) is 19.7 Å². The van der Waals surface area contributed by atoms with Crippen molar-refractivity contribution >= 4 is 34.0 Å². The van der Waals surface area contributed by atoms with Gasteiger partial charge in [0.25, 0.3) is 11.6 Å². The standard InChI is InChI=1S/C17H12N2O5/c1-10(20)11-2-4-12(5-3-11)18-17(21)15-9-24-16-7-6-13(19(22)23)8-14(15)16/h2-9H,1H3,(H,18,21). The van der Waals surface area contributed by atoms with Crippen LogP contribution in [0, 0.1) is 10.1 Å². The van der Waals surface area contributed by atoms with Crippen LogP contribution < -0.4 is 5.32 Å². The number of nitro groups is 1. The summed E-state index contributed by atoms with van der Waals surface area (Å²) < 4.78 is 5.27. The van der Waals surface area contributed by atoms with E-state index >= 15 is 0 Å². The Morgan fingerprint density at radius 3 is 2.46 bits per heavy atom. The number of fused-ring (bicyclic) bond motifs is 1. The second-order valence-electron chi connectivity index (χ2n) is 5.17. The molecule has 1 heterocycles. The number of furan rings is 1. The van der Waals surface area contributed by atoms with Gasteiger partial charge in [-0.05, 0) is 37.3 Å². The largest absolute Gasteiger partial charge is 0.463 e. The molecular formula is C17H12N2O5. The van der Waals surface area contributed by atoms with Crippen molar-refractivity contribution in [3.63, 3.8) is 0 Å². The molecule has 0 aliphatic rings. The molecule has 0 radical (unpaired) electrons. The average molecular weight is 324 g/mol. The van der Waals surface area contributed by atoms with Crippen LogP contribution in [0.2, 0.25) is 0 Å². The van der Waals surface area contributed by atoms with E-state index in [0.717, 1.165) is 0 Å². The lowest BCUT2D eigenvalue weighted by Crippen LogP contribution is -2.11. The Balaban J connectivity index is 1.89. The topological polar surface area (TPSA) is 102 Å². The van der Waals surface area contributed by atoms with E-state index in [0.29, 0.717) is 22.2 Å². The highest BCUT2D eigenvalue weighted by Crippen LogP contribution is 2.26. The zero-order chi connectivity index (χ0) is 17.3. The first-order valence-electron chi connectivity index (χ1n) is 7.03. The Bertz CT molecular complexity index is 957. The molecule has 0 aliphatic carbocycles. The summed E-state index contributed by atoms with van der Waals surface area (Å²) in [5, 5.41) is 13.9. The molecule has 0 saturated carbocycles. The van der Waals surface area contributed by atoms with Gasteiger partial charge >= 0.3 is 0 Å². The van der Waals surface area contributed by atoms with Gasteiger partial charge in [0.05, 0.1) is 10.5 Å². The van der Waals surface area contributed by atoms with Gasteiger partial charge in [0, 0.05) is 28.8 Å². The van der Waals surface area contributed by atoms with Gasteiger partial charge in [-0.3, -0.25) is 19.7 Å². The van der Waals surface area contributed by atoms with E-state index in [1.54, 1.807) is 24.3 Å². The molecule has 2 aromatic carbocycles. The second-order valence-corrected chi connectivity index (χ2v) is 5.17. The van der Waals surface area contributed by atoms with Crippen LogP contribution in [0.5, 0.6) is 0 Å². The number of Topliss-reactive ketones (excluding diaryl/α,β-unsaturated/α-hetero) is 1. The van der Waals surface area contributed by atoms with Crippen molar-refractivity contribution in [2.24, 2.45) is 0 Å². The molecule has 7 nitrogen and oxygen atoms in total. The van der Waals surface area contributed by atoms with Crippen molar-refractivity contribution in [3.8, 4) is 0 Å². The number of benzene rings is 2. The van der Waals surface area contributed by atoms with Gasteiger partial charge in [-0.25, -0.2) is 0 Å². The van der Waals surface area contributed by atoms with Crippen molar-refractivity contribution in [3.05, 3.63) is 70.0 Å². The third-order valence-corrected chi connectivity index (χ3v) is 3.56. The zero-order valence-electron chi connectivity index (χ0n) is 12.6. The summed E-state index contributed by atoms with van der Waals surface area (Å²) >= 11 is 0. The predicted octanol–water partition coefficient (Wildman–Crippen LogP) is 3.80. The summed E-state index contributed by atoms with van der Waals surface area (Å²) in [4.78, 5) is 34.0. The Hall–Kier alpha value is -3.48. The minimum atomic E-state index is -0.533. The molecule has 0 bridgehead atoms. The summed E-state index contributed by atoms with van der Waals surface area (Å²) in [7, 11) is 0. The number of carbonyl (C=O) groups excluding carboxylic acids is 2. The maximum absolute atomic E-state index is 12.4. The zero-order valence-corrected chi connectivity index (χ0v) is 12.6. The minimum absolute atomic E-state index is 0.0685. The molecule has 1 aromatic heterocycles. The van der Waals surface area contributed by atoms with Crippen LogP contribution in [-0.2, 0) is 0 Å². The fourth-order valence-electron chi connectivity index (χ4n) is 2.29. The number of carbonyl (C=O) groups is 2. The number of non-ortho nitro benzene ring substituents is 1. The Labute approximate surface area is 136 Å². The molecule has 0 aliphatic heterocycles. The molecule has 3 rings (SSSR count). The summed E-state index contributed by atoms with van der Waals surface area (Å²) in [6.45, 7) is 1.46. The van der Waals surface area contributed by atoms with E-state index in [1.807, 2.05) is 0 Å². The first-order valence-corrected chi connectivity index (χ1v) is 7.03. The van der Waals surface area contributed by atoms with Crippen LogP contribution in [0.3, 0.4) is 0 Å². The first-order chi connectivity index (χ1) is 11.5. The molecule has 24 heavy (non-hydrogen) atoms. The van der Waals surface area contributed by atoms with Crippen LogP contribution in [0.15, 0.2) is 53.1 Å². The van der Waals surface area contributed by atoms with Crippen LogP contribution >= 0.6 is 0 Å². The van der Waals surface area contributed by atoms with Gasteiger partial charge in [-0.15, -0.1) is 0 Å². The van der Waals surface area contributed by atoms with E-state index in [4.69, 9.17) is 4.42 Å². The molecule has 3 aromatic rings. The average Bonchev–Trinajstić information content (AvgIpc) is 2.98. The molecule has 1 amide bonds. The number of hydrogen-bond acceptors (Lipinski definition) is 5. The van der Waals surface area contributed by atoms with E-state index in [-0.39, 0.29) is 17.0 Å². The molecule has 0 atom stereocenters. The fourth-order valence-corrected chi connectivity index (χ4v) is 2.29. The van der Waals surface area contributed by atoms with Crippen LogP contribution in [0.4, 0.5) is 11.4 Å². The maximum atomic E-state index is 12.4. The van der Waals surface area contributed by atoms with Crippen LogP contribution in [-0.4, -0.2) is 16.6 Å². The molecule has 0 spiro atoms. The second kappa shape index (κ2) is 5.96. The summed E-state index contributed by atoms with van der Waals surface area (Å²) in [6, 6.07) is 10.5. The highest BCUT2D eigenvalue weighted by atomic mass is 16.6. The monoisotopic (exact) mass is 324 g/mol. The molecule has 0 saturated heterocycles. The van der Waals surface area contributed by atoms with Gasteiger partial charge in [0.1, 0.15) is 11.8 Å². The molecule has 0 unspecified atom stereocenters. The summed E-state index contributed by atoms with van der Waals surface area (Å²) in [5.74, 6) is -0.522. The van der Waals surface area contributed by atoms with E-state index in [2.05, 4.69) is 5.32 Å². The van der Waals surface area contributed by atoms with Gasteiger partial charge in [0.2, 0.25) is 0 Å². The number of nitrogens with one attached hydrogen (secondary N) is 1. The smallest absolute Gasteiger partial charge is 0.270 e.